The Hall–Kier alpha value is -2.49. The molecule has 0 spiro atoms. The number of rotatable bonds is 2. The lowest BCUT2D eigenvalue weighted by Crippen LogP contribution is -2.13. The van der Waals surface area contributed by atoms with Gasteiger partial charge in [0, 0.05) is 5.56 Å². The lowest BCUT2D eigenvalue weighted by Gasteiger charge is -2.09. The zero-order chi connectivity index (χ0) is 14.0. The monoisotopic (exact) mass is 256 g/mol. The Balaban J connectivity index is 2.23. The van der Waals surface area contributed by atoms with Crippen molar-refractivity contribution in [2.75, 3.05) is 11.1 Å². The number of nitrogens with two attached hydrogens (primary N) is 1. The normalized spacial score (nSPS) is 10.2. The van der Waals surface area contributed by atoms with E-state index in [0.717, 1.165) is 11.1 Å². The molecule has 0 saturated carbocycles. The highest BCUT2D eigenvalue weighted by Crippen LogP contribution is 2.22. The smallest absolute Gasteiger partial charge is 0.255 e. The summed E-state index contributed by atoms with van der Waals surface area (Å²) in [5.74, 6) is -0.199. The number of aromatic hydroxyl groups is 1. The summed E-state index contributed by atoms with van der Waals surface area (Å²) in [7, 11) is 0. The average molecular weight is 256 g/mol. The Labute approximate surface area is 111 Å². The zero-order valence-corrected chi connectivity index (χ0v) is 10.9. The number of benzene rings is 2. The van der Waals surface area contributed by atoms with Crippen LogP contribution in [-0.2, 0) is 0 Å². The molecular formula is C15H16N2O2. The van der Waals surface area contributed by atoms with Crippen molar-refractivity contribution in [1.29, 1.82) is 0 Å². The molecule has 0 saturated heterocycles. The van der Waals surface area contributed by atoms with Crippen LogP contribution in [-0.4, -0.2) is 11.0 Å². The fourth-order valence-corrected chi connectivity index (χ4v) is 1.74. The first kappa shape index (κ1) is 13.0. The number of hydrogen-bond donors (Lipinski definition) is 3. The van der Waals surface area contributed by atoms with Crippen molar-refractivity contribution < 1.29 is 9.90 Å². The summed E-state index contributed by atoms with van der Waals surface area (Å²) in [4.78, 5) is 12.0. The molecule has 2 aromatic rings. The Morgan fingerprint density at radius 3 is 2.53 bits per heavy atom. The van der Waals surface area contributed by atoms with Gasteiger partial charge in [0.15, 0.2) is 0 Å². The van der Waals surface area contributed by atoms with Gasteiger partial charge in [0.25, 0.3) is 5.91 Å². The number of nitrogens with one attached hydrogen (secondary N) is 1. The van der Waals surface area contributed by atoms with Crippen LogP contribution in [0.4, 0.5) is 11.4 Å². The summed E-state index contributed by atoms with van der Waals surface area (Å²) in [5.41, 5.74) is 9.07. The molecule has 0 fully saturated rings. The molecule has 4 N–H and O–H groups in total. The third-order valence-corrected chi connectivity index (χ3v) is 2.93. The number of phenols is 1. The van der Waals surface area contributed by atoms with Gasteiger partial charge in [0.2, 0.25) is 0 Å². The molecule has 2 aromatic carbocycles. The van der Waals surface area contributed by atoms with Gasteiger partial charge in [-0.2, -0.15) is 0 Å². The molecule has 19 heavy (non-hydrogen) atoms. The molecule has 0 atom stereocenters. The number of hydrogen-bond acceptors (Lipinski definition) is 3. The van der Waals surface area contributed by atoms with Crippen LogP contribution in [0.25, 0.3) is 0 Å². The molecule has 0 radical (unpaired) electrons. The van der Waals surface area contributed by atoms with Crippen molar-refractivity contribution in [3.8, 4) is 5.75 Å². The fraction of sp³-hybridized carbons (Fsp3) is 0.133. The molecule has 0 bridgehead atoms. The number of anilines is 2. The highest BCUT2D eigenvalue weighted by Gasteiger charge is 2.09. The summed E-state index contributed by atoms with van der Waals surface area (Å²) < 4.78 is 0. The highest BCUT2D eigenvalue weighted by molar-refractivity contribution is 6.06. The standard InChI is InChI=1S/C15H16N2O2/c1-9-3-6-13(12(16)7-9)17-15(19)11-5-4-10(2)14(18)8-11/h3-8,18H,16H2,1-2H3,(H,17,19). The van der Waals surface area contributed by atoms with Crippen molar-refractivity contribution in [2.45, 2.75) is 13.8 Å². The van der Waals surface area contributed by atoms with Crippen LogP contribution in [0.2, 0.25) is 0 Å². The van der Waals surface area contributed by atoms with Crippen LogP contribution in [0.5, 0.6) is 5.75 Å². The molecule has 98 valence electrons. The minimum Gasteiger partial charge on any atom is -0.508 e. The molecule has 4 nitrogen and oxygen atoms in total. The van der Waals surface area contributed by atoms with Crippen molar-refractivity contribution >= 4 is 17.3 Å². The minimum absolute atomic E-state index is 0.101. The maximum absolute atomic E-state index is 12.0. The molecule has 0 aliphatic rings. The molecule has 1 amide bonds. The van der Waals surface area contributed by atoms with E-state index in [0.29, 0.717) is 16.9 Å². The average Bonchev–Trinajstić information content (AvgIpc) is 2.36. The van der Waals surface area contributed by atoms with E-state index in [4.69, 9.17) is 5.73 Å². The number of carbonyl (C=O) groups is 1. The second-order valence-electron chi connectivity index (χ2n) is 4.55. The first-order valence-electron chi connectivity index (χ1n) is 5.94. The van der Waals surface area contributed by atoms with E-state index < -0.39 is 0 Å². The van der Waals surface area contributed by atoms with E-state index >= 15 is 0 Å². The third-order valence-electron chi connectivity index (χ3n) is 2.93. The predicted molar refractivity (Wildman–Crippen MR) is 76.4 cm³/mol. The lowest BCUT2D eigenvalue weighted by atomic mass is 10.1. The van der Waals surface area contributed by atoms with Gasteiger partial charge in [-0.05, 0) is 49.2 Å². The summed E-state index contributed by atoms with van der Waals surface area (Å²) in [6.07, 6.45) is 0. The first-order valence-corrected chi connectivity index (χ1v) is 5.94. The van der Waals surface area contributed by atoms with E-state index in [1.54, 1.807) is 31.2 Å². The van der Waals surface area contributed by atoms with Gasteiger partial charge < -0.3 is 16.2 Å². The molecule has 2 rings (SSSR count). The Morgan fingerprint density at radius 1 is 1.16 bits per heavy atom. The van der Waals surface area contributed by atoms with Crippen molar-refractivity contribution in [3.05, 3.63) is 53.1 Å². The topological polar surface area (TPSA) is 75.3 Å². The molecule has 4 heteroatoms. The number of carbonyl (C=O) groups excluding carboxylic acids is 1. The van der Waals surface area contributed by atoms with E-state index in [1.165, 1.54) is 6.07 Å². The van der Waals surface area contributed by atoms with Crippen LogP contribution < -0.4 is 11.1 Å². The van der Waals surface area contributed by atoms with Crippen LogP contribution in [0.15, 0.2) is 36.4 Å². The fourth-order valence-electron chi connectivity index (χ4n) is 1.74. The number of nitrogen functional groups attached to an aromatic ring is 1. The largest absolute Gasteiger partial charge is 0.508 e. The van der Waals surface area contributed by atoms with Gasteiger partial charge in [0.05, 0.1) is 11.4 Å². The predicted octanol–water partition coefficient (Wildman–Crippen LogP) is 2.84. The van der Waals surface area contributed by atoms with Crippen LogP contribution in [0.1, 0.15) is 21.5 Å². The molecule has 0 aliphatic heterocycles. The molecular weight excluding hydrogens is 240 g/mol. The van der Waals surface area contributed by atoms with Gasteiger partial charge in [-0.15, -0.1) is 0 Å². The van der Waals surface area contributed by atoms with E-state index in [9.17, 15) is 9.90 Å². The van der Waals surface area contributed by atoms with Gasteiger partial charge >= 0.3 is 0 Å². The maximum Gasteiger partial charge on any atom is 0.255 e. The van der Waals surface area contributed by atoms with E-state index in [2.05, 4.69) is 5.32 Å². The van der Waals surface area contributed by atoms with Crippen LogP contribution in [0, 0.1) is 13.8 Å². The maximum atomic E-state index is 12.0. The summed E-state index contributed by atoms with van der Waals surface area (Å²) >= 11 is 0. The van der Waals surface area contributed by atoms with Gasteiger partial charge in [-0.3, -0.25) is 4.79 Å². The SMILES string of the molecule is Cc1ccc(NC(=O)c2ccc(C)c(O)c2)c(N)c1. The van der Waals surface area contributed by atoms with Gasteiger partial charge in [-0.25, -0.2) is 0 Å². The van der Waals surface area contributed by atoms with Crippen LogP contribution >= 0.6 is 0 Å². The summed E-state index contributed by atoms with van der Waals surface area (Å²) in [5, 5.41) is 12.3. The first-order chi connectivity index (χ1) is 8.97. The molecule has 0 heterocycles. The Kier molecular flexibility index (Phi) is 3.42. The zero-order valence-electron chi connectivity index (χ0n) is 10.9. The Morgan fingerprint density at radius 2 is 1.89 bits per heavy atom. The molecule has 0 aliphatic carbocycles. The number of aryl methyl sites for hydroxylation is 2. The van der Waals surface area contributed by atoms with E-state index in [1.807, 2.05) is 13.0 Å². The Bertz CT molecular complexity index is 636. The second kappa shape index (κ2) is 5.02. The summed E-state index contributed by atoms with van der Waals surface area (Å²) in [6.45, 7) is 3.70. The number of phenolic OH excluding ortho intramolecular Hbond substituents is 1. The van der Waals surface area contributed by atoms with Crippen molar-refractivity contribution in [3.63, 3.8) is 0 Å². The quantitative estimate of drug-likeness (QED) is 0.723. The highest BCUT2D eigenvalue weighted by atomic mass is 16.3. The molecule has 0 aromatic heterocycles. The van der Waals surface area contributed by atoms with E-state index in [-0.39, 0.29) is 11.7 Å². The minimum atomic E-state index is -0.300. The third kappa shape index (κ3) is 2.85. The van der Waals surface area contributed by atoms with Crippen molar-refractivity contribution in [2.24, 2.45) is 0 Å². The number of amides is 1. The lowest BCUT2D eigenvalue weighted by molar-refractivity contribution is 0.102. The van der Waals surface area contributed by atoms with Gasteiger partial charge in [0.1, 0.15) is 5.75 Å². The van der Waals surface area contributed by atoms with Gasteiger partial charge in [-0.1, -0.05) is 12.1 Å². The van der Waals surface area contributed by atoms with Crippen LogP contribution in [0.3, 0.4) is 0 Å². The second-order valence-corrected chi connectivity index (χ2v) is 4.55. The molecule has 0 unspecified atom stereocenters. The van der Waals surface area contributed by atoms with Crippen molar-refractivity contribution in [1.82, 2.24) is 0 Å². The summed E-state index contributed by atoms with van der Waals surface area (Å²) in [6, 6.07) is 10.2.